The van der Waals surface area contributed by atoms with Gasteiger partial charge in [0.15, 0.2) is 0 Å². The first-order valence-electron chi connectivity index (χ1n) is 32.8. The second kappa shape index (κ2) is 62.6. The van der Waals surface area contributed by atoms with E-state index in [4.69, 9.17) is 4.74 Å². The van der Waals surface area contributed by atoms with Crippen molar-refractivity contribution in [3.63, 3.8) is 0 Å². The molecule has 0 aromatic carbocycles. The van der Waals surface area contributed by atoms with Crippen LogP contribution >= 0.6 is 0 Å². The molecule has 0 radical (unpaired) electrons. The number of rotatable bonds is 61. The van der Waals surface area contributed by atoms with Gasteiger partial charge >= 0.3 is 5.97 Å². The molecule has 6 nitrogen and oxygen atoms in total. The number of carbonyl (C=O) groups excluding carboxylic acids is 2. The van der Waals surface area contributed by atoms with Crippen molar-refractivity contribution < 1.29 is 24.5 Å². The number of carbonyl (C=O) groups is 2. The molecule has 0 aromatic rings. The minimum atomic E-state index is -0.848. The Bertz CT molecular complexity index is 1180. The van der Waals surface area contributed by atoms with Crippen molar-refractivity contribution in [1.82, 2.24) is 5.32 Å². The lowest BCUT2D eigenvalue weighted by atomic mass is 10.0. The van der Waals surface area contributed by atoms with Crippen molar-refractivity contribution in [3.8, 4) is 0 Å². The Morgan fingerprint density at radius 3 is 1.00 bits per heavy atom. The van der Waals surface area contributed by atoms with Crippen LogP contribution in [0.5, 0.6) is 0 Å². The summed E-state index contributed by atoms with van der Waals surface area (Å²) in [6.07, 6.45) is 79.1. The van der Waals surface area contributed by atoms with Crippen LogP contribution in [0.2, 0.25) is 0 Å². The molecule has 0 rings (SSSR count). The topological polar surface area (TPSA) is 95.9 Å². The second-order valence-corrected chi connectivity index (χ2v) is 22.4. The van der Waals surface area contributed by atoms with E-state index in [0.717, 1.165) is 44.9 Å². The minimum absolute atomic E-state index is 0.00208. The number of nitrogens with one attached hydrogen (secondary N) is 1. The highest BCUT2D eigenvalue weighted by atomic mass is 16.5. The molecule has 0 fully saturated rings. The third kappa shape index (κ3) is 59.2. The fraction of sp³-hybridized carbons (Fsp3) is 0.881. The van der Waals surface area contributed by atoms with E-state index < -0.39 is 12.1 Å². The summed E-state index contributed by atoms with van der Waals surface area (Å²) in [6.45, 7) is 4.90. The van der Waals surface area contributed by atoms with E-state index in [0.29, 0.717) is 19.4 Å². The Balaban J connectivity index is 3.44. The molecule has 0 bridgehead atoms. The fourth-order valence-electron chi connectivity index (χ4n) is 10.1. The number of unbranched alkanes of at least 4 members (excludes halogenated alkanes) is 46. The van der Waals surface area contributed by atoms with Gasteiger partial charge in [-0.05, 0) is 83.5 Å². The molecule has 0 saturated carbocycles. The molecule has 2 atom stereocenters. The summed E-state index contributed by atoms with van der Waals surface area (Å²) in [5.41, 5.74) is 0. The third-order valence-electron chi connectivity index (χ3n) is 15.1. The molecule has 3 N–H and O–H groups in total. The molecule has 6 heteroatoms. The standard InChI is InChI=1S/C67H127NO5/c1-3-5-7-9-11-13-15-17-18-19-20-27-30-33-36-39-43-47-51-55-59-65(70)64(63-69)68-66(71)60-56-52-48-44-40-37-34-31-28-25-23-21-22-24-26-29-32-35-38-42-46-50-54-58-62-73-67(72)61-57-53-49-45-41-16-14-12-10-8-6-4-2/h12,14,23,25,55,59,64-65,69-70H,3-11,13,15-22,24,26-54,56-58,60-63H2,1-2H3,(H,68,71)/b14-12-,25-23-,59-55+. The van der Waals surface area contributed by atoms with Gasteiger partial charge in [0.05, 0.1) is 25.4 Å². The van der Waals surface area contributed by atoms with Crippen molar-refractivity contribution in [1.29, 1.82) is 0 Å². The number of aliphatic hydroxyl groups is 2. The van der Waals surface area contributed by atoms with Crippen LogP contribution in [0.3, 0.4) is 0 Å². The van der Waals surface area contributed by atoms with Crippen LogP contribution in [0.1, 0.15) is 354 Å². The maximum atomic E-state index is 12.5. The van der Waals surface area contributed by atoms with Crippen LogP contribution in [-0.2, 0) is 14.3 Å². The van der Waals surface area contributed by atoms with Crippen molar-refractivity contribution in [2.75, 3.05) is 13.2 Å². The Kier molecular flexibility index (Phi) is 61.0. The Morgan fingerprint density at radius 1 is 0.370 bits per heavy atom. The Labute approximate surface area is 455 Å². The summed E-state index contributed by atoms with van der Waals surface area (Å²) >= 11 is 0. The summed E-state index contributed by atoms with van der Waals surface area (Å²) in [7, 11) is 0. The highest BCUT2D eigenvalue weighted by molar-refractivity contribution is 5.76. The van der Waals surface area contributed by atoms with Gasteiger partial charge < -0.3 is 20.3 Å². The highest BCUT2D eigenvalue weighted by Gasteiger charge is 2.18. The first-order valence-corrected chi connectivity index (χ1v) is 32.8. The molecule has 1 amide bonds. The van der Waals surface area contributed by atoms with E-state index >= 15 is 0 Å². The molecule has 73 heavy (non-hydrogen) atoms. The predicted molar refractivity (Wildman–Crippen MR) is 319 cm³/mol. The van der Waals surface area contributed by atoms with Crippen molar-refractivity contribution in [2.24, 2.45) is 0 Å². The summed E-state index contributed by atoms with van der Waals surface area (Å²) in [5, 5.41) is 23.2. The fourth-order valence-corrected chi connectivity index (χ4v) is 10.1. The van der Waals surface area contributed by atoms with E-state index in [9.17, 15) is 19.8 Å². The maximum absolute atomic E-state index is 12.5. The molecule has 0 aliphatic heterocycles. The van der Waals surface area contributed by atoms with E-state index in [1.54, 1.807) is 6.08 Å². The molecular formula is C67H127NO5. The molecule has 430 valence electrons. The number of esters is 1. The van der Waals surface area contributed by atoms with Crippen molar-refractivity contribution >= 4 is 11.9 Å². The minimum Gasteiger partial charge on any atom is -0.466 e. The van der Waals surface area contributed by atoms with Crippen LogP contribution in [0.4, 0.5) is 0 Å². The second-order valence-electron chi connectivity index (χ2n) is 22.4. The molecule has 0 aliphatic rings. The lowest BCUT2D eigenvalue weighted by molar-refractivity contribution is -0.143. The van der Waals surface area contributed by atoms with E-state index in [2.05, 4.69) is 43.5 Å². The lowest BCUT2D eigenvalue weighted by Gasteiger charge is -2.20. The van der Waals surface area contributed by atoms with Gasteiger partial charge in [-0.1, -0.05) is 294 Å². The van der Waals surface area contributed by atoms with Crippen LogP contribution in [0.15, 0.2) is 36.5 Å². The smallest absolute Gasteiger partial charge is 0.305 e. The lowest BCUT2D eigenvalue weighted by Crippen LogP contribution is -2.45. The van der Waals surface area contributed by atoms with Crippen molar-refractivity contribution in [2.45, 2.75) is 366 Å². The number of allylic oxidation sites excluding steroid dienone is 5. The number of hydrogen-bond acceptors (Lipinski definition) is 5. The monoisotopic (exact) mass is 1030 g/mol. The third-order valence-corrected chi connectivity index (χ3v) is 15.1. The Hall–Kier alpha value is -1.92. The molecule has 2 unspecified atom stereocenters. The van der Waals surface area contributed by atoms with Crippen molar-refractivity contribution in [3.05, 3.63) is 36.5 Å². The molecule has 0 aromatic heterocycles. The van der Waals surface area contributed by atoms with Crippen LogP contribution in [-0.4, -0.2) is 47.4 Å². The first-order chi connectivity index (χ1) is 36.0. The zero-order valence-corrected chi connectivity index (χ0v) is 49.1. The van der Waals surface area contributed by atoms with E-state index in [1.807, 2.05) is 6.08 Å². The van der Waals surface area contributed by atoms with Gasteiger partial charge in [-0.2, -0.15) is 0 Å². The van der Waals surface area contributed by atoms with Gasteiger partial charge in [0, 0.05) is 12.8 Å². The number of ether oxygens (including phenoxy) is 1. The number of amides is 1. The molecular weight excluding hydrogens is 899 g/mol. The Morgan fingerprint density at radius 2 is 0.644 bits per heavy atom. The predicted octanol–water partition coefficient (Wildman–Crippen LogP) is 20.8. The normalized spacial score (nSPS) is 12.8. The van der Waals surface area contributed by atoms with Crippen LogP contribution < -0.4 is 5.32 Å². The molecule has 0 spiro atoms. The van der Waals surface area contributed by atoms with Gasteiger partial charge in [0.25, 0.3) is 0 Å². The molecule has 0 saturated heterocycles. The van der Waals surface area contributed by atoms with Gasteiger partial charge in [-0.3, -0.25) is 9.59 Å². The largest absolute Gasteiger partial charge is 0.466 e. The van der Waals surface area contributed by atoms with Gasteiger partial charge in [0.1, 0.15) is 0 Å². The zero-order chi connectivity index (χ0) is 52.9. The van der Waals surface area contributed by atoms with Crippen LogP contribution in [0.25, 0.3) is 0 Å². The average Bonchev–Trinajstić information content (AvgIpc) is 3.39. The van der Waals surface area contributed by atoms with Gasteiger partial charge in [-0.15, -0.1) is 0 Å². The zero-order valence-electron chi connectivity index (χ0n) is 49.1. The highest BCUT2D eigenvalue weighted by Crippen LogP contribution is 2.17. The average molecular weight is 1030 g/mol. The summed E-state index contributed by atoms with van der Waals surface area (Å²) < 4.78 is 5.47. The van der Waals surface area contributed by atoms with E-state index in [-0.39, 0.29) is 18.5 Å². The number of aliphatic hydroxyl groups excluding tert-OH is 2. The summed E-state index contributed by atoms with van der Waals surface area (Å²) in [4.78, 5) is 24.5. The van der Waals surface area contributed by atoms with Gasteiger partial charge in [0.2, 0.25) is 5.91 Å². The summed E-state index contributed by atoms with van der Waals surface area (Å²) in [6, 6.07) is -0.632. The molecule has 0 heterocycles. The van der Waals surface area contributed by atoms with Crippen LogP contribution in [0, 0.1) is 0 Å². The number of hydrogen-bond donors (Lipinski definition) is 3. The van der Waals surface area contributed by atoms with Gasteiger partial charge in [-0.25, -0.2) is 0 Å². The van der Waals surface area contributed by atoms with E-state index in [1.165, 1.54) is 283 Å². The first kappa shape index (κ1) is 71.1. The maximum Gasteiger partial charge on any atom is 0.305 e. The SMILES string of the molecule is CCCCC/C=C\CCCCCCCC(=O)OCCCCCCCCCCCCCC/C=C\CCCCCCCCCCC(=O)NC(CO)C(O)/C=C/CCCCCCCCCCCCCCCCCCCC. The summed E-state index contributed by atoms with van der Waals surface area (Å²) in [5.74, 6) is -0.0678. The molecule has 0 aliphatic carbocycles. The quantitative estimate of drug-likeness (QED) is 0.0320.